The van der Waals surface area contributed by atoms with Crippen LogP contribution in [0.2, 0.25) is 0 Å². The second-order valence-electron chi connectivity index (χ2n) is 4.26. The number of unbranched alkanes of at least 4 members (excludes halogenated alkanes) is 1. The molecule has 1 aromatic heterocycles. The number of rotatable bonds is 8. The van der Waals surface area contributed by atoms with E-state index in [9.17, 15) is 4.79 Å². The Morgan fingerprint density at radius 1 is 1.28 bits per heavy atom. The van der Waals surface area contributed by atoms with Gasteiger partial charge in [-0.3, -0.25) is 4.79 Å². The van der Waals surface area contributed by atoms with E-state index in [0.29, 0.717) is 10.1 Å². The van der Waals surface area contributed by atoms with Crippen molar-refractivity contribution in [2.75, 3.05) is 12.4 Å². The van der Waals surface area contributed by atoms with Gasteiger partial charge in [-0.15, -0.1) is 10.2 Å². The molecule has 0 saturated carbocycles. The lowest BCUT2D eigenvalue weighted by molar-refractivity contribution is 0.0931. The lowest BCUT2D eigenvalue weighted by Gasteiger charge is -2.16. The Hall–Kier alpha value is -1.17. The third-order valence-electron chi connectivity index (χ3n) is 2.71. The first kappa shape index (κ1) is 14.9. The number of nitrogens with zero attached hydrogens (tertiary/aromatic N) is 2. The van der Waals surface area contributed by atoms with Crippen molar-refractivity contribution in [3.8, 4) is 0 Å². The first-order chi connectivity index (χ1) is 8.71. The quantitative estimate of drug-likeness (QED) is 0.762. The van der Waals surface area contributed by atoms with E-state index in [0.717, 1.165) is 32.1 Å². The summed E-state index contributed by atoms with van der Waals surface area (Å²) in [7, 11) is 1.77. The van der Waals surface area contributed by atoms with Gasteiger partial charge >= 0.3 is 0 Å². The molecule has 5 nitrogen and oxygen atoms in total. The molecule has 0 aliphatic rings. The van der Waals surface area contributed by atoms with Gasteiger partial charge in [-0.05, 0) is 12.8 Å². The highest BCUT2D eigenvalue weighted by Gasteiger charge is 2.16. The first-order valence-electron chi connectivity index (χ1n) is 6.53. The molecule has 0 bridgehead atoms. The molecule has 1 heterocycles. The van der Waals surface area contributed by atoms with Gasteiger partial charge in [0.1, 0.15) is 0 Å². The summed E-state index contributed by atoms with van der Waals surface area (Å²) < 4.78 is 0. The molecule has 2 N–H and O–H groups in total. The molecule has 6 heteroatoms. The van der Waals surface area contributed by atoms with Crippen LogP contribution in [0.3, 0.4) is 0 Å². The predicted molar refractivity (Wildman–Crippen MR) is 75.1 cm³/mol. The summed E-state index contributed by atoms with van der Waals surface area (Å²) in [6.07, 6.45) is 5.42. The molecule has 1 amide bonds. The molecule has 0 aromatic carbocycles. The van der Waals surface area contributed by atoms with Crippen LogP contribution in [0.4, 0.5) is 5.13 Å². The van der Waals surface area contributed by atoms with Gasteiger partial charge in [0.2, 0.25) is 10.1 Å². The van der Waals surface area contributed by atoms with Crippen molar-refractivity contribution in [1.29, 1.82) is 0 Å². The maximum absolute atomic E-state index is 12.0. The van der Waals surface area contributed by atoms with Crippen LogP contribution in [0.5, 0.6) is 0 Å². The van der Waals surface area contributed by atoms with Crippen LogP contribution >= 0.6 is 11.3 Å². The van der Waals surface area contributed by atoms with Gasteiger partial charge in [0.05, 0.1) is 0 Å². The van der Waals surface area contributed by atoms with Crippen LogP contribution in [-0.4, -0.2) is 29.2 Å². The monoisotopic (exact) mass is 270 g/mol. The van der Waals surface area contributed by atoms with Crippen molar-refractivity contribution in [1.82, 2.24) is 15.5 Å². The highest BCUT2D eigenvalue weighted by molar-refractivity contribution is 7.17. The minimum Gasteiger partial charge on any atom is -0.363 e. The summed E-state index contributed by atoms with van der Waals surface area (Å²) in [5, 5.41) is 14.8. The van der Waals surface area contributed by atoms with Crippen LogP contribution in [0.1, 0.15) is 55.8 Å². The van der Waals surface area contributed by atoms with Crippen LogP contribution in [0.15, 0.2) is 0 Å². The van der Waals surface area contributed by atoms with Crippen molar-refractivity contribution < 1.29 is 4.79 Å². The second kappa shape index (κ2) is 8.02. The van der Waals surface area contributed by atoms with Crippen LogP contribution in [0, 0.1) is 0 Å². The summed E-state index contributed by atoms with van der Waals surface area (Å²) in [5.74, 6) is -0.108. The fourth-order valence-corrected chi connectivity index (χ4v) is 2.35. The minimum atomic E-state index is -0.108. The van der Waals surface area contributed by atoms with E-state index in [1.165, 1.54) is 11.3 Å². The van der Waals surface area contributed by atoms with Gasteiger partial charge in [-0.25, -0.2) is 0 Å². The number of amides is 1. The Labute approximate surface area is 112 Å². The fourth-order valence-electron chi connectivity index (χ4n) is 1.75. The van der Waals surface area contributed by atoms with Gasteiger partial charge in [0, 0.05) is 13.1 Å². The lowest BCUT2D eigenvalue weighted by atomic mass is 10.1. The minimum absolute atomic E-state index is 0.108. The zero-order chi connectivity index (χ0) is 13.4. The average molecular weight is 270 g/mol. The summed E-state index contributed by atoms with van der Waals surface area (Å²) in [6, 6.07) is 0.254. The average Bonchev–Trinajstić information content (AvgIpc) is 2.85. The molecule has 1 unspecified atom stereocenters. The second-order valence-corrected chi connectivity index (χ2v) is 5.24. The molecular weight excluding hydrogens is 248 g/mol. The third kappa shape index (κ3) is 4.60. The molecular formula is C12H22N4OS. The van der Waals surface area contributed by atoms with Gasteiger partial charge < -0.3 is 10.6 Å². The van der Waals surface area contributed by atoms with E-state index in [-0.39, 0.29) is 11.9 Å². The zero-order valence-electron chi connectivity index (χ0n) is 11.3. The number of nitrogens with one attached hydrogen (secondary N) is 2. The molecule has 0 radical (unpaired) electrons. The molecule has 18 heavy (non-hydrogen) atoms. The van der Waals surface area contributed by atoms with Crippen LogP contribution in [0.25, 0.3) is 0 Å². The molecule has 0 aliphatic heterocycles. The van der Waals surface area contributed by atoms with Gasteiger partial charge in [0.25, 0.3) is 5.91 Å². The normalized spacial score (nSPS) is 12.2. The molecule has 0 fully saturated rings. The summed E-state index contributed by atoms with van der Waals surface area (Å²) in [6.45, 7) is 4.30. The Kier molecular flexibility index (Phi) is 6.64. The van der Waals surface area contributed by atoms with Crippen LogP contribution < -0.4 is 10.6 Å². The Morgan fingerprint density at radius 3 is 2.61 bits per heavy atom. The molecule has 0 spiro atoms. The highest BCUT2D eigenvalue weighted by atomic mass is 32.1. The number of hydrogen-bond acceptors (Lipinski definition) is 5. The zero-order valence-corrected chi connectivity index (χ0v) is 12.1. The van der Waals surface area contributed by atoms with Gasteiger partial charge in [-0.1, -0.05) is 44.4 Å². The Morgan fingerprint density at radius 2 is 2.06 bits per heavy atom. The van der Waals surface area contributed by atoms with E-state index in [1.807, 2.05) is 0 Å². The van der Waals surface area contributed by atoms with Crippen molar-refractivity contribution in [2.45, 2.75) is 52.0 Å². The van der Waals surface area contributed by atoms with E-state index in [4.69, 9.17) is 0 Å². The molecule has 0 aliphatic carbocycles. The molecule has 1 atom stereocenters. The molecule has 102 valence electrons. The number of hydrogen-bond donors (Lipinski definition) is 2. The Bertz CT molecular complexity index is 367. The number of anilines is 1. The topological polar surface area (TPSA) is 66.9 Å². The smallest absolute Gasteiger partial charge is 0.282 e. The maximum atomic E-state index is 12.0. The number of carbonyl (C=O) groups is 1. The third-order valence-corrected chi connectivity index (χ3v) is 3.65. The standard InChI is InChI=1S/C12H22N4OS/c1-4-6-8-9(7-5-2)14-10(17)11-15-16-12(13-3)18-11/h9H,4-8H2,1-3H3,(H,13,16)(H,14,17). The maximum Gasteiger partial charge on any atom is 0.282 e. The summed E-state index contributed by atoms with van der Waals surface area (Å²) >= 11 is 1.28. The summed E-state index contributed by atoms with van der Waals surface area (Å²) in [4.78, 5) is 12.0. The largest absolute Gasteiger partial charge is 0.363 e. The lowest BCUT2D eigenvalue weighted by Crippen LogP contribution is -2.34. The van der Waals surface area contributed by atoms with Gasteiger partial charge in [0.15, 0.2) is 0 Å². The molecule has 0 saturated heterocycles. The van der Waals surface area contributed by atoms with Crippen molar-refractivity contribution in [3.63, 3.8) is 0 Å². The van der Waals surface area contributed by atoms with Crippen LogP contribution in [-0.2, 0) is 0 Å². The molecule has 1 rings (SSSR count). The van der Waals surface area contributed by atoms with Crippen molar-refractivity contribution >= 4 is 22.4 Å². The Balaban J connectivity index is 2.53. The van der Waals surface area contributed by atoms with Gasteiger partial charge in [-0.2, -0.15) is 0 Å². The van der Waals surface area contributed by atoms with E-state index < -0.39 is 0 Å². The summed E-state index contributed by atoms with van der Waals surface area (Å²) in [5.41, 5.74) is 0. The SMILES string of the molecule is CCCCC(CCC)NC(=O)c1nnc(NC)s1. The van der Waals surface area contributed by atoms with Crippen molar-refractivity contribution in [2.24, 2.45) is 0 Å². The number of carbonyl (C=O) groups excluding carboxylic acids is 1. The van der Waals surface area contributed by atoms with E-state index in [1.54, 1.807) is 7.05 Å². The van der Waals surface area contributed by atoms with E-state index in [2.05, 4.69) is 34.7 Å². The van der Waals surface area contributed by atoms with Crippen molar-refractivity contribution in [3.05, 3.63) is 5.01 Å². The first-order valence-corrected chi connectivity index (χ1v) is 7.35. The highest BCUT2D eigenvalue weighted by Crippen LogP contribution is 2.15. The fraction of sp³-hybridized carbons (Fsp3) is 0.750. The molecule has 1 aromatic rings. The predicted octanol–water partition coefficient (Wildman–Crippen LogP) is 2.67. The van der Waals surface area contributed by atoms with E-state index >= 15 is 0 Å². The number of aromatic nitrogens is 2.